The van der Waals surface area contributed by atoms with Crippen LogP contribution in [0.1, 0.15) is 18.1 Å². The first-order valence-corrected chi connectivity index (χ1v) is 8.80. The van der Waals surface area contributed by atoms with Crippen LogP contribution >= 0.6 is 0 Å². The molecule has 130 valence electrons. The molecule has 4 nitrogen and oxygen atoms in total. The standard InChI is InChI=1S/C23H18N4/c1-16-26(2)22-12-19(14-24)20(15-25)13-23(22)27(16)21-10-6-9-18(11-21)17-7-4-3-5-8-17/h3-13,16H,1-2H3/t16-/m0/s1. The number of nitriles is 2. The van der Waals surface area contributed by atoms with Crippen molar-refractivity contribution in [3.05, 3.63) is 77.9 Å². The lowest BCUT2D eigenvalue weighted by atomic mass is 10.0. The molecule has 1 atom stereocenters. The molecule has 0 spiro atoms. The molecular weight excluding hydrogens is 332 g/mol. The Kier molecular flexibility index (Phi) is 4.03. The van der Waals surface area contributed by atoms with E-state index in [0.29, 0.717) is 11.1 Å². The zero-order valence-electron chi connectivity index (χ0n) is 15.2. The minimum absolute atomic E-state index is 0.0755. The Balaban J connectivity index is 1.85. The molecule has 1 aliphatic heterocycles. The van der Waals surface area contributed by atoms with E-state index in [9.17, 15) is 10.5 Å². The molecule has 0 N–H and O–H groups in total. The van der Waals surface area contributed by atoms with Crippen molar-refractivity contribution in [1.29, 1.82) is 10.5 Å². The van der Waals surface area contributed by atoms with Crippen LogP contribution in [0.25, 0.3) is 11.1 Å². The third-order valence-electron chi connectivity index (χ3n) is 5.16. The maximum absolute atomic E-state index is 9.43. The lowest BCUT2D eigenvalue weighted by Crippen LogP contribution is -2.35. The highest BCUT2D eigenvalue weighted by atomic mass is 15.4. The molecule has 0 amide bonds. The first-order chi connectivity index (χ1) is 13.1. The number of benzene rings is 3. The summed E-state index contributed by atoms with van der Waals surface area (Å²) in [6.07, 6.45) is 0.0755. The van der Waals surface area contributed by atoms with Gasteiger partial charge >= 0.3 is 0 Å². The van der Waals surface area contributed by atoms with E-state index in [1.165, 1.54) is 0 Å². The summed E-state index contributed by atoms with van der Waals surface area (Å²) in [4.78, 5) is 4.34. The zero-order chi connectivity index (χ0) is 19.0. The van der Waals surface area contributed by atoms with Gasteiger partial charge in [-0.2, -0.15) is 10.5 Å². The topological polar surface area (TPSA) is 54.1 Å². The van der Waals surface area contributed by atoms with E-state index in [1.807, 2.05) is 37.4 Å². The summed E-state index contributed by atoms with van der Waals surface area (Å²) in [6.45, 7) is 2.12. The molecule has 0 aliphatic carbocycles. The van der Waals surface area contributed by atoms with Crippen molar-refractivity contribution in [3.8, 4) is 23.3 Å². The molecule has 0 bridgehead atoms. The van der Waals surface area contributed by atoms with E-state index < -0.39 is 0 Å². The summed E-state index contributed by atoms with van der Waals surface area (Å²) in [7, 11) is 2.01. The molecule has 1 heterocycles. The molecule has 0 aromatic heterocycles. The molecular formula is C23H18N4. The maximum atomic E-state index is 9.43. The molecule has 4 rings (SSSR count). The number of rotatable bonds is 2. The van der Waals surface area contributed by atoms with Gasteiger partial charge in [-0.25, -0.2) is 0 Å². The van der Waals surface area contributed by atoms with Crippen LogP contribution in [-0.2, 0) is 0 Å². The van der Waals surface area contributed by atoms with Crippen LogP contribution in [-0.4, -0.2) is 13.2 Å². The summed E-state index contributed by atoms with van der Waals surface area (Å²) in [5.41, 5.74) is 6.10. The average molecular weight is 350 g/mol. The van der Waals surface area contributed by atoms with Crippen LogP contribution in [0.2, 0.25) is 0 Å². The first-order valence-electron chi connectivity index (χ1n) is 8.80. The second-order valence-electron chi connectivity index (χ2n) is 6.64. The van der Waals surface area contributed by atoms with Crippen molar-refractivity contribution >= 4 is 17.1 Å². The minimum atomic E-state index is 0.0755. The van der Waals surface area contributed by atoms with Gasteiger partial charge in [0, 0.05) is 12.7 Å². The van der Waals surface area contributed by atoms with Crippen LogP contribution < -0.4 is 9.80 Å². The predicted octanol–water partition coefficient (Wildman–Crippen LogP) is 5.03. The van der Waals surface area contributed by atoms with E-state index in [-0.39, 0.29) is 6.17 Å². The van der Waals surface area contributed by atoms with Gasteiger partial charge in [0.1, 0.15) is 18.3 Å². The SMILES string of the molecule is C[C@H]1N(C)c2cc(C#N)c(C#N)cc2N1c1cccc(-c2ccccc2)c1. The zero-order valence-corrected chi connectivity index (χ0v) is 15.2. The number of anilines is 3. The number of hydrogen-bond acceptors (Lipinski definition) is 4. The quantitative estimate of drug-likeness (QED) is 0.650. The van der Waals surface area contributed by atoms with Crippen LogP contribution in [0.15, 0.2) is 66.7 Å². The highest BCUT2D eigenvalue weighted by Gasteiger charge is 2.32. The van der Waals surface area contributed by atoms with Crippen LogP contribution in [0.4, 0.5) is 17.1 Å². The molecule has 0 saturated heterocycles. The Labute approximate surface area is 159 Å². The molecule has 0 saturated carbocycles. The number of fused-ring (bicyclic) bond motifs is 1. The van der Waals surface area contributed by atoms with Crippen LogP contribution in [0, 0.1) is 22.7 Å². The Morgan fingerprint density at radius 3 is 2.07 bits per heavy atom. The predicted molar refractivity (Wildman–Crippen MR) is 108 cm³/mol. The third kappa shape index (κ3) is 2.69. The fraction of sp³-hybridized carbons (Fsp3) is 0.130. The van der Waals surface area contributed by atoms with Gasteiger partial charge in [0.25, 0.3) is 0 Å². The van der Waals surface area contributed by atoms with Gasteiger partial charge < -0.3 is 9.80 Å². The summed E-state index contributed by atoms with van der Waals surface area (Å²) in [6, 6.07) is 26.6. The van der Waals surface area contributed by atoms with E-state index >= 15 is 0 Å². The third-order valence-corrected chi connectivity index (χ3v) is 5.16. The average Bonchev–Trinajstić information content (AvgIpc) is 2.97. The van der Waals surface area contributed by atoms with Crippen LogP contribution in [0.5, 0.6) is 0 Å². The van der Waals surface area contributed by atoms with E-state index in [4.69, 9.17) is 0 Å². The highest BCUT2D eigenvalue weighted by Crippen LogP contribution is 2.45. The van der Waals surface area contributed by atoms with Gasteiger partial charge in [-0.3, -0.25) is 0 Å². The van der Waals surface area contributed by atoms with Gasteiger partial charge in [0.05, 0.1) is 22.5 Å². The molecule has 0 radical (unpaired) electrons. The van der Waals surface area contributed by atoms with Crippen molar-refractivity contribution in [3.63, 3.8) is 0 Å². The maximum Gasteiger partial charge on any atom is 0.103 e. The second kappa shape index (κ2) is 6.52. The van der Waals surface area contributed by atoms with Crippen molar-refractivity contribution in [2.75, 3.05) is 16.8 Å². The van der Waals surface area contributed by atoms with E-state index in [0.717, 1.165) is 28.2 Å². The Morgan fingerprint density at radius 2 is 1.41 bits per heavy atom. The lowest BCUT2D eigenvalue weighted by Gasteiger charge is -2.28. The Hall–Kier alpha value is -3.76. The molecule has 0 fully saturated rings. The fourth-order valence-electron chi connectivity index (χ4n) is 3.63. The number of nitrogens with zero attached hydrogens (tertiary/aromatic N) is 4. The monoisotopic (exact) mass is 350 g/mol. The molecule has 0 unspecified atom stereocenters. The molecule has 1 aliphatic rings. The lowest BCUT2D eigenvalue weighted by molar-refractivity contribution is 0.734. The largest absolute Gasteiger partial charge is 0.352 e. The van der Waals surface area contributed by atoms with Crippen molar-refractivity contribution in [2.45, 2.75) is 13.1 Å². The van der Waals surface area contributed by atoms with Crippen molar-refractivity contribution in [2.24, 2.45) is 0 Å². The molecule has 4 heteroatoms. The van der Waals surface area contributed by atoms with Gasteiger partial charge in [-0.15, -0.1) is 0 Å². The fourth-order valence-corrected chi connectivity index (χ4v) is 3.63. The number of hydrogen-bond donors (Lipinski definition) is 0. The molecule has 3 aromatic rings. The summed E-state index contributed by atoms with van der Waals surface area (Å²) in [5.74, 6) is 0. The highest BCUT2D eigenvalue weighted by molar-refractivity contribution is 5.87. The van der Waals surface area contributed by atoms with Gasteiger partial charge in [-0.05, 0) is 42.3 Å². The van der Waals surface area contributed by atoms with Gasteiger partial charge in [0.15, 0.2) is 0 Å². The van der Waals surface area contributed by atoms with Gasteiger partial charge in [-0.1, -0.05) is 42.5 Å². The molecule has 3 aromatic carbocycles. The summed E-state index contributed by atoms with van der Waals surface area (Å²) in [5, 5.41) is 18.8. The summed E-state index contributed by atoms with van der Waals surface area (Å²) < 4.78 is 0. The van der Waals surface area contributed by atoms with E-state index in [1.54, 1.807) is 0 Å². The smallest absolute Gasteiger partial charge is 0.103 e. The van der Waals surface area contributed by atoms with E-state index in [2.05, 4.69) is 65.3 Å². The second-order valence-corrected chi connectivity index (χ2v) is 6.64. The minimum Gasteiger partial charge on any atom is -0.352 e. The summed E-state index contributed by atoms with van der Waals surface area (Å²) >= 11 is 0. The first kappa shape index (κ1) is 16.7. The van der Waals surface area contributed by atoms with Crippen LogP contribution in [0.3, 0.4) is 0 Å². The Bertz CT molecular complexity index is 1090. The normalized spacial score (nSPS) is 15.2. The van der Waals surface area contributed by atoms with Crippen molar-refractivity contribution in [1.82, 2.24) is 0 Å². The van der Waals surface area contributed by atoms with Gasteiger partial charge in [0.2, 0.25) is 0 Å². The van der Waals surface area contributed by atoms with Crippen molar-refractivity contribution < 1.29 is 0 Å². The molecule has 27 heavy (non-hydrogen) atoms. The Morgan fingerprint density at radius 1 is 0.778 bits per heavy atom.